The van der Waals surface area contributed by atoms with E-state index in [-0.39, 0.29) is 19.4 Å². The van der Waals surface area contributed by atoms with Crippen molar-refractivity contribution in [2.24, 2.45) is 5.73 Å². The summed E-state index contributed by atoms with van der Waals surface area (Å²) in [6.07, 6.45) is 48.2. The third-order valence-electron chi connectivity index (χ3n) is 8.94. The smallest absolute Gasteiger partial charge is 0.472 e. The lowest BCUT2D eigenvalue weighted by atomic mass is 10.1. The summed E-state index contributed by atoms with van der Waals surface area (Å²) in [7, 11) is -4.73. The maximum atomic E-state index is 12.6. The number of rotatable bonds is 40. The molecule has 0 saturated heterocycles. The largest absolute Gasteiger partial charge is 0.480 e. The maximum Gasteiger partial charge on any atom is 0.472 e. The zero-order chi connectivity index (χ0) is 42.8. The van der Waals surface area contributed by atoms with Crippen molar-refractivity contribution in [1.29, 1.82) is 0 Å². The van der Waals surface area contributed by atoms with Crippen molar-refractivity contribution in [2.75, 3.05) is 19.8 Å². The SMILES string of the molecule is CC/C=C\C/C=C\C/C=C\C/C=C\C/C=C\CCCCCC(=O)O[C@H](COC(=O)CCCCCCCCC/C=C\CCCCCC)COP(=O)(O)OC[C@H](N)C(=O)O. The Bertz CT molecular complexity index is 1260. The number of phosphoric ester groups is 1. The van der Waals surface area contributed by atoms with Gasteiger partial charge in [0.15, 0.2) is 6.10 Å². The quantitative estimate of drug-likeness (QED) is 0.0232. The van der Waals surface area contributed by atoms with Crippen LogP contribution < -0.4 is 5.73 Å². The van der Waals surface area contributed by atoms with E-state index in [2.05, 4.69) is 91.3 Å². The third kappa shape index (κ3) is 39.7. The first-order valence-electron chi connectivity index (χ1n) is 22.0. The van der Waals surface area contributed by atoms with Gasteiger partial charge >= 0.3 is 25.7 Å². The predicted molar refractivity (Wildman–Crippen MR) is 235 cm³/mol. The second kappa shape index (κ2) is 40.7. The van der Waals surface area contributed by atoms with Crippen LogP contribution in [0.25, 0.3) is 0 Å². The Morgan fingerprint density at radius 1 is 0.552 bits per heavy atom. The summed E-state index contributed by atoms with van der Waals surface area (Å²) >= 11 is 0. The molecule has 0 heterocycles. The van der Waals surface area contributed by atoms with Gasteiger partial charge in [-0.25, -0.2) is 4.57 Å². The molecule has 12 heteroatoms. The van der Waals surface area contributed by atoms with Gasteiger partial charge in [0.05, 0.1) is 13.2 Å². The highest BCUT2D eigenvalue weighted by atomic mass is 31.2. The van der Waals surface area contributed by atoms with Crippen LogP contribution >= 0.6 is 7.82 Å². The average molecular weight is 836 g/mol. The van der Waals surface area contributed by atoms with Crippen molar-refractivity contribution in [3.05, 3.63) is 72.9 Å². The molecule has 0 amide bonds. The van der Waals surface area contributed by atoms with Crippen molar-refractivity contribution in [1.82, 2.24) is 0 Å². The highest BCUT2D eigenvalue weighted by Crippen LogP contribution is 2.43. The Kier molecular flexibility index (Phi) is 38.5. The van der Waals surface area contributed by atoms with Gasteiger partial charge in [0.2, 0.25) is 0 Å². The number of carbonyl (C=O) groups is 3. The van der Waals surface area contributed by atoms with Crippen LogP contribution in [0, 0.1) is 0 Å². The lowest BCUT2D eigenvalue weighted by Crippen LogP contribution is -2.34. The molecule has 0 fully saturated rings. The summed E-state index contributed by atoms with van der Waals surface area (Å²) < 4.78 is 32.7. The fourth-order valence-corrected chi connectivity index (χ4v) is 6.27. The Hall–Kier alpha value is -3.08. The fourth-order valence-electron chi connectivity index (χ4n) is 5.50. The van der Waals surface area contributed by atoms with Crippen molar-refractivity contribution in [3.63, 3.8) is 0 Å². The molecule has 0 aromatic carbocycles. The van der Waals surface area contributed by atoms with Crippen molar-refractivity contribution in [2.45, 2.75) is 180 Å². The second-order valence-corrected chi connectivity index (χ2v) is 15.9. The molecule has 0 aliphatic heterocycles. The zero-order valence-electron chi connectivity index (χ0n) is 35.9. The molecule has 0 aromatic rings. The minimum Gasteiger partial charge on any atom is -0.480 e. The minimum atomic E-state index is -4.73. The number of hydrogen-bond donors (Lipinski definition) is 3. The van der Waals surface area contributed by atoms with Gasteiger partial charge in [-0.15, -0.1) is 0 Å². The number of allylic oxidation sites excluding steroid dienone is 12. The van der Waals surface area contributed by atoms with E-state index >= 15 is 0 Å². The maximum absolute atomic E-state index is 12.6. The molecule has 0 saturated carbocycles. The average Bonchev–Trinajstić information content (AvgIpc) is 3.20. The first-order valence-corrected chi connectivity index (χ1v) is 23.5. The van der Waals surface area contributed by atoms with Crippen molar-refractivity contribution < 1.29 is 47.5 Å². The molecule has 0 aliphatic carbocycles. The fraction of sp³-hybridized carbons (Fsp3) is 0.674. The Balaban J connectivity index is 4.45. The lowest BCUT2D eigenvalue weighted by Gasteiger charge is -2.20. The van der Waals surface area contributed by atoms with E-state index in [1.165, 1.54) is 51.4 Å². The standard InChI is InChI=1S/C46H78NO10P/c1-3-5-7-9-11-13-15-17-19-20-21-22-24-26-28-30-32-34-36-38-45(49)57-42(40-55-58(52,53)56-41-43(47)46(50)51)39-54-44(48)37-35-33-31-29-27-25-23-18-16-14-12-10-8-6-4-2/h5,7,11,13-14,16-17,19,21-22,26,28,42-43H,3-4,6,8-10,12,15,18,20,23-25,27,29-41,47H2,1-2H3,(H,50,51)(H,52,53)/b7-5-,13-11-,16-14-,19-17-,22-21-,28-26-/t42-,43+/m1/s1. The van der Waals surface area contributed by atoms with Crippen LogP contribution in [0.2, 0.25) is 0 Å². The van der Waals surface area contributed by atoms with Crippen LogP contribution in [-0.2, 0) is 37.5 Å². The van der Waals surface area contributed by atoms with Gasteiger partial charge in [-0.2, -0.15) is 0 Å². The molecule has 58 heavy (non-hydrogen) atoms. The van der Waals surface area contributed by atoms with E-state index in [9.17, 15) is 23.8 Å². The lowest BCUT2D eigenvalue weighted by molar-refractivity contribution is -0.161. The van der Waals surface area contributed by atoms with Crippen LogP contribution in [0.5, 0.6) is 0 Å². The van der Waals surface area contributed by atoms with E-state index in [1.807, 2.05) is 0 Å². The number of nitrogens with two attached hydrogens (primary N) is 1. The van der Waals surface area contributed by atoms with E-state index in [0.717, 1.165) is 77.0 Å². The van der Waals surface area contributed by atoms with Gasteiger partial charge in [0.25, 0.3) is 0 Å². The molecule has 332 valence electrons. The number of phosphoric acid groups is 1. The first-order chi connectivity index (χ1) is 28.1. The topological polar surface area (TPSA) is 172 Å². The minimum absolute atomic E-state index is 0.118. The van der Waals surface area contributed by atoms with Crippen molar-refractivity contribution in [3.8, 4) is 0 Å². The number of carboxylic acids is 1. The van der Waals surface area contributed by atoms with Crippen LogP contribution in [0.4, 0.5) is 0 Å². The highest BCUT2D eigenvalue weighted by Gasteiger charge is 2.28. The van der Waals surface area contributed by atoms with Gasteiger partial charge in [-0.05, 0) is 83.5 Å². The summed E-state index contributed by atoms with van der Waals surface area (Å²) in [5, 5.41) is 8.89. The van der Waals surface area contributed by atoms with E-state index in [0.29, 0.717) is 12.8 Å². The Morgan fingerprint density at radius 2 is 0.966 bits per heavy atom. The Labute approximate surface area is 350 Å². The monoisotopic (exact) mass is 836 g/mol. The van der Waals surface area contributed by atoms with Crippen molar-refractivity contribution >= 4 is 25.7 Å². The summed E-state index contributed by atoms with van der Waals surface area (Å²) in [5.41, 5.74) is 5.33. The highest BCUT2D eigenvalue weighted by molar-refractivity contribution is 7.47. The molecule has 0 spiro atoms. The van der Waals surface area contributed by atoms with Gasteiger partial charge in [0, 0.05) is 12.8 Å². The summed E-state index contributed by atoms with van der Waals surface area (Å²) in [6, 6.07) is -1.53. The van der Waals surface area contributed by atoms with Crippen LogP contribution in [0.1, 0.15) is 168 Å². The summed E-state index contributed by atoms with van der Waals surface area (Å²) in [4.78, 5) is 46.0. The predicted octanol–water partition coefficient (Wildman–Crippen LogP) is 11.7. The molecule has 0 aromatic heterocycles. The molecule has 3 atom stereocenters. The summed E-state index contributed by atoms with van der Waals surface area (Å²) in [6.45, 7) is 2.63. The number of aliphatic carboxylic acids is 1. The number of carbonyl (C=O) groups excluding carboxylic acids is 2. The number of hydrogen-bond acceptors (Lipinski definition) is 9. The first kappa shape index (κ1) is 54.9. The van der Waals surface area contributed by atoms with E-state index < -0.39 is 51.1 Å². The summed E-state index contributed by atoms with van der Waals surface area (Å²) in [5.74, 6) is -2.43. The van der Waals surface area contributed by atoms with Gasteiger partial charge in [-0.3, -0.25) is 23.4 Å². The number of carboxylic acid groups (broad SMARTS) is 1. The van der Waals surface area contributed by atoms with Gasteiger partial charge < -0.3 is 25.2 Å². The molecule has 4 N–H and O–H groups in total. The van der Waals surface area contributed by atoms with Gasteiger partial charge in [0.1, 0.15) is 12.6 Å². The third-order valence-corrected chi connectivity index (χ3v) is 9.89. The number of ether oxygens (including phenoxy) is 2. The number of unbranched alkanes of at least 4 members (excludes halogenated alkanes) is 14. The molecular formula is C46H78NO10P. The second-order valence-electron chi connectivity index (χ2n) is 14.4. The molecule has 1 unspecified atom stereocenters. The Morgan fingerprint density at radius 3 is 1.48 bits per heavy atom. The molecule has 0 aliphatic rings. The van der Waals surface area contributed by atoms with Crippen LogP contribution in [0.15, 0.2) is 72.9 Å². The number of esters is 2. The normalized spacial score (nSPS) is 14.4. The van der Waals surface area contributed by atoms with Crippen LogP contribution in [-0.4, -0.2) is 59.9 Å². The van der Waals surface area contributed by atoms with E-state index in [1.54, 1.807) is 0 Å². The van der Waals surface area contributed by atoms with Gasteiger partial charge in [-0.1, -0.05) is 145 Å². The molecular weight excluding hydrogens is 757 g/mol. The molecule has 0 bridgehead atoms. The van der Waals surface area contributed by atoms with E-state index in [4.69, 9.17) is 24.8 Å². The molecule has 11 nitrogen and oxygen atoms in total. The molecule has 0 rings (SSSR count). The zero-order valence-corrected chi connectivity index (χ0v) is 36.8. The van der Waals surface area contributed by atoms with Crippen LogP contribution in [0.3, 0.4) is 0 Å². The molecule has 0 radical (unpaired) electrons.